The summed E-state index contributed by atoms with van der Waals surface area (Å²) in [6.45, 7) is 4.35. The molecule has 1 aromatic carbocycles. The Balaban J connectivity index is 2.33. The molecule has 0 fully saturated rings. The SMILES string of the molecule is Cc1ccc2oc(C(=O)N(C)C(C)CN)cc2c1. The number of hydrogen-bond acceptors (Lipinski definition) is 3. The van der Waals surface area contributed by atoms with Crippen LogP contribution < -0.4 is 5.73 Å². The monoisotopic (exact) mass is 246 g/mol. The molecule has 1 atom stereocenters. The summed E-state index contributed by atoms with van der Waals surface area (Å²) in [6, 6.07) is 7.62. The van der Waals surface area contributed by atoms with E-state index < -0.39 is 0 Å². The summed E-state index contributed by atoms with van der Waals surface area (Å²) in [7, 11) is 1.73. The van der Waals surface area contributed by atoms with Crippen LogP contribution in [0.15, 0.2) is 28.7 Å². The second-order valence-corrected chi connectivity index (χ2v) is 4.65. The van der Waals surface area contributed by atoms with Gasteiger partial charge in [-0.25, -0.2) is 0 Å². The highest BCUT2D eigenvalue weighted by Gasteiger charge is 2.20. The molecule has 1 amide bonds. The minimum Gasteiger partial charge on any atom is -0.451 e. The number of carbonyl (C=O) groups excluding carboxylic acids is 1. The summed E-state index contributed by atoms with van der Waals surface area (Å²) >= 11 is 0. The van der Waals surface area contributed by atoms with E-state index in [9.17, 15) is 4.79 Å². The number of furan rings is 1. The summed E-state index contributed by atoms with van der Waals surface area (Å²) in [6.07, 6.45) is 0. The fourth-order valence-electron chi connectivity index (χ4n) is 1.80. The molecule has 0 spiro atoms. The van der Waals surface area contributed by atoms with E-state index >= 15 is 0 Å². The van der Waals surface area contributed by atoms with E-state index in [-0.39, 0.29) is 11.9 Å². The lowest BCUT2D eigenvalue weighted by Crippen LogP contribution is -2.39. The number of amides is 1. The van der Waals surface area contributed by atoms with E-state index in [1.54, 1.807) is 18.0 Å². The van der Waals surface area contributed by atoms with E-state index in [0.29, 0.717) is 12.3 Å². The average molecular weight is 246 g/mol. The minimum atomic E-state index is -0.137. The molecule has 0 aliphatic heterocycles. The maximum Gasteiger partial charge on any atom is 0.289 e. The van der Waals surface area contributed by atoms with Gasteiger partial charge in [0.15, 0.2) is 5.76 Å². The van der Waals surface area contributed by atoms with Gasteiger partial charge in [-0.2, -0.15) is 0 Å². The van der Waals surface area contributed by atoms with Gasteiger partial charge in [0.25, 0.3) is 5.91 Å². The molecule has 4 heteroatoms. The van der Waals surface area contributed by atoms with Crippen molar-refractivity contribution in [1.29, 1.82) is 0 Å². The van der Waals surface area contributed by atoms with Gasteiger partial charge in [-0.3, -0.25) is 4.79 Å². The molecule has 0 saturated carbocycles. The highest BCUT2D eigenvalue weighted by atomic mass is 16.3. The molecule has 18 heavy (non-hydrogen) atoms. The number of aryl methyl sites for hydroxylation is 1. The first-order valence-electron chi connectivity index (χ1n) is 6.00. The van der Waals surface area contributed by atoms with Crippen molar-refractivity contribution in [3.63, 3.8) is 0 Å². The summed E-state index contributed by atoms with van der Waals surface area (Å²) < 4.78 is 5.57. The molecule has 0 radical (unpaired) electrons. The van der Waals surface area contributed by atoms with Crippen LogP contribution in [0.3, 0.4) is 0 Å². The molecule has 1 unspecified atom stereocenters. The van der Waals surface area contributed by atoms with Crippen LogP contribution in [-0.2, 0) is 0 Å². The average Bonchev–Trinajstić information content (AvgIpc) is 2.78. The van der Waals surface area contributed by atoms with Crippen LogP contribution in [0.25, 0.3) is 11.0 Å². The molecule has 2 aromatic rings. The number of hydrogen-bond donors (Lipinski definition) is 1. The third-order valence-corrected chi connectivity index (χ3v) is 3.21. The zero-order valence-electron chi connectivity index (χ0n) is 10.9. The zero-order valence-corrected chi connectivity index (χ0v) is 10.9. The first kappa shape index (κ1) is 12.6. The van der Waals surface area contributed by atoms with Crippen molar-refractivity contribution < 1.29 is 9.21 Å². The maximum atomic E-state index is 12.2. The van der Waals surface area contributed by atoms with Gasteiger partial charge < -0.3 is 15.1 Å². The number of carbonyl (C=O) groups is 1. The Bertz CT molecular complexity index is 574. The Morgan fingerprint density at radius 2 is 2.17 bits per heavy atom. The van der Waals surface area contributed by atoms with Crippen LogP contribution in [0.1, 0.15) is 23.0 Å². The molecular formula is C14H18N2O2. The van der Waals surface area contributed by atoms with Crippen LogP contribution >= 0.6 is 0 Å². The Hall–Kier alpha value is -1.81. The first-order chi connectivity index (χ1) is 8.52. The lowest BCUT2D eigenvalue weighted by Gasteiger charge is -2.22. The molecule has 0 bridgehead atoms. The predicted molar refractivity (Wildman–Crippen MR) is 71.6 cm³/mol. The second-order valence-electron chi connectivity index (χ2n) is 4.65. The highest BCUT2D eigenvalue weighted by molar-refractivity contribution is 5.96. The second kappa shape index (κ2) is 4.82. The van der Waals surface area contributed by atoms with Crippen LogP contribution in [-0.4, -0.2) is 30.4 Å². The van der Waals surface area contributed by atoms with Crippen molar-refractivity contribution in [3.05, 3.63) is 35.6 Å². The molecule has 96 valence electrons. The quantitative estimate of drug-likeness (QED) is 0.902. The van der Waals surface area contributed by atoms with Crippen molar-refractivity contribution in [1.82, 2.24) is 4.90 Å². The van der Waals surface area contributed by atoms with E-state index in [4.69, 9.17) is 10.2 Å². The molecule has 0 aliphatic carbocycles. The molecule has 0 aliphatic rings. The van der Waals surface area contributed by atoms with Crippen LogP contribution in [0.4, 0.5) is 0 Å². The lowest BCUT2D eigenvalue weighted by atomic mass is 10.2. The van der Waals surface area contributed by atoms with Gasteiger partial charge in [0, 0.05) is 25.0 Å². The van der Waals surface area contributed by atoms with E-state index in [2.05, 4.69) is 0 Å². The van der Waals surface area contributed by atoms with Crippen molar-refractivity contribution in [2.24, 2.45) is 5.73 Å². The van der Waals surface area contributed by atoms with Crippen molar-refractivity contribution in [2.45, 2.75) is 19.9 Å². The Morgan fingerprint density at radius 1 is 1.44 bits per heavy atom. The minimum absolute atomic E-state index is 0.00699. The number of rotatable bonds is 3. The summed E-state index contributed by atoms with van der Waals surface area (Å²) in [5.41, 5.74) is 7.44. The van der Waals surface area contributed by atoms with Gasteiger partial charge in [-0.15, -0.1) is 0 Å². The van der Waals surface area contributed by atoms with Crippen LogP contribution in [0.2, 0.25) is 0 Å². The van der Waals surface area contributed by atoms with Crippen molar-refractivity contribution in [3.8, 4) is 0 Å². The van der Waals surface area contributed by atoms with Gasteiger partial charge in [-0.1, -0.05) is 11.6 Å². The van der Waals surface area contributed by atoms with Crippen molar-refractivity contribution in [2.75, 3.05) is 13.6 Å². The number of benzene rings is 1. The predicted octanol–water partition coefficient (Wildman–Crippen LogP) is 2.16. The number of fused-ring (bicyclic) bond motifs is 1. The third-order valence-electron chi connectivity index (χ3n) is 3.21. The molecule has 4 nitrogen and oxygen atoms in total. The third kappa shape index (κ3) is 2.24. The van der Waals surface area contributed by atoms with Crippen LogP contribution in [0, 0.1) is 6.92 Å². The van der Waals surface area contributed by atoms with E-state index in [0.717, 1.165) is 16.5 Å². The standard InChI is InChI=1S/C14H18N2O2/c1-9-4-5-12-11(6-9)7-13(18-12)14(17)16(3)10(2)8-15/h4-7,10H,8,15H2,1-3H3. The van der Waals surface area contributed by atoms with Gasteiger partial charge in [-0.05, 0) is 32.0 Å². The largest absolute Gasteiger partial charge is 0.451 e. The molecule has 2 N–H and O–H groups in total. The molecule has 0 saturated heterocycles. The van der Waals surface area contributed by atoms with Crippen molar-refractivity contribution >= 4 is 16.9 Å². The summed E-state index contributed by atoms with van der Waals surface area (Å²) in [5, 5.41) is 0.951. The van der Waals surface area contributed by atoms with E-state index in [1.165, 1.54) is 0 Å². The molecule has 1 heterocycles. The fraction of sp³-hybridized carbons (Fsp3) is 0.357. The topological polar surface area (TPSA) is 59.5 Å². The normalized spacial score (nSPS) is 12.7. The molecule has 1 aromatic heterocycles. The Morgan fingerprint density at radius 3 is 2.83 bits per heavy atom. The van der Waals surface area contributed by atoms with Gasteiger partial charge in [0.05, 0.1) is 0 Å². The number of nitrogens with zero attached hydrogens (tertiary/aromatic N) is 1. The first-order valence-corrected chi connectivity index (χ1v) is 6.00. The van der Waals surface area contributed by atoms with Gasteiger partial charge >= 0.3 is 0 Å². The fourth-order valence-corrected chi connectivity index (χ4v) is 1.80. The summed E-state index contributed by atoms with van der Waals surface area (Å²) in [5.74, 6) is 0.222. The van der Waals surface area contributed by atoms with Crippen LogP contribution in [0.5, 0.6) is 0 Å². The lowest BCUT2D eigenvalue weighted by molar-refractivity contribution is 0.0718. The van der Waals surface area contributed by atoms with E-state index in [1.807, 2.05) is 32.0 Å². The van der Waals surface area contributed by atoms with Gasteiger partial charge in [0.1, 0.15) is 5.58 Å². The Kier molecular flexibility index (Phi) is 3.39. The summed E-state index contributed by atoms with van der Waals surface area (Å²) in [4.78, 5) is 13.8. The number of nitrogens with two attached hydrogens (primary N) is 1. The maximum absolute atomic E-state index is 12.2. The smallest absolute Gasteiger partial charge is 0.289 e. The highest BCUT2D eigenvalue weighted by Crippen LogP contribution is 2.21. The van der Waals surface area contributed by atoms with Gasteiger partial charge in [0.2, 0.25) is 0 Å². The molecule has 2 rings (SSSR count). The molecular weight excluding hydrogens is 228 g/mol. The number of likely N-dealkylation sites (N-methyl/N-ethyl adjacent to an activating group) is 1. The zero-order chi connectivity index (χ0) is 13.3. The Labute approximate surface area is 106 Å².